The Hall–Kier alpha value is -2.04. The largest absolute Gasteiger partial charge is 0.504 e. The molecule has 0 amide bonds. The van der Waals surface area contributed by atoms with Crippen molar-refractivity contribution in [2.45, 2.75) is 13.2 Å². The van der Waals surface area contributed by atoms with Crippen LogP contribution in [-0.4, -0.2) is 12.2 Å². The lowest BCUT2D eigenvalue weighted by Gasteiger charge is -2.10. The van der Waals surface area contributed by atoms with Crippen LogP contribution in [0.25, 0.3) is 0 Å². The summed E-state index contributed by atoms with van der Waals surface area (Å²) in [5, 5.41) is 9.88. The Morgan fingerprint density at radius 2 is 1.84 bits per heavy atom. The maximum absolute atomic E-state index is 9.88. The Morgan fingerprint density at radius 3 is 2.58 bits per heavy atom. The number of hydrogen-bond donors (Lipinski definition) is 2. The molecular weight excluding hydrogens is 242 g/mol. The van der Waals surface area contributed by atoms with Gasteiger partial charge in [-0.15, -0.1) is 0 Å². The van der Waals surface area contributed by atoms with Gasteiger partial charge >= 0.3 is 0 Å². The molecule has 2 aromatic carbocycles. The van der Waals surface area contributed by atoms with Gasteiger partial charge in [-0.1, -0.05) is 42.5 Å². The highest BCUT2D eigenvalue weighted by Crippen LogP contribution is 2.29. The number of rotatable bonds is 6. The number of aromatic hydroxyl groups is 1. The van der Waals surface area contributed by atoms with Crippen molar-refractivity contribution in [3.63, 3.8) is 0 Å². The number of ether oxygens (including phenoxy) is 1. The number of hydrogen-bond acceptors (Lipinski definition) is 4. The van der Waals surface area contributed by atoms with E-state index >= 15 is 0 Å². The molecule has 0 saturated carbocycles. The fraction of sp³-hybridized carbons (Fsp3) is 0.200. The van der Waals surface area contributed by atoms with Crippen LogP contribution in [0.3, 0.4) is 0 Å². The first-order chi connectivity index (χ1) is 9.31. The zero-order valence-electron chi connectivity index (χ0n) is 10.8. The first-order valence-electron chi connectivity index (χ1n) is 6.04. The fourth-order valence-corrected chi connectivity index (χ4v) is 1.71. The molecule has 0 heterocycles. The van der Waals surface area contributed by atoms with Gasteiger partial charge in [0.1, 0.15) is 0 Å². The van der Waals surface area contributed by atoms with Crippen LogP contribution in [0.4, 0.5) is 0 Å². The van der Waals surface area contributed by atoms with Gasteiger partial charge in [0.2, 0.25) is 0 Å². The third-order valence-corrected chi connectivity index (χ3v) is 2.75. The van der Waals surface area contributed by atoms with Gasteiger partial charge in [0.05, 0.1) is 13.7 Å². The molecule has 0 unspecified atom stereocenters. The van der Waals surface area contributed by atoms with Gasteiger partial charge in [0.25, 0.3) is 0 Å². The van der Waals surface area contributed by atoms with Crippen LogP contribution >= 0.6 is 0 Å². The summed E-state index contributed by atoms with van der Waals surface area (Å²) in [6.07, 6.45) is 0. The lowest BCUT2D eigenvalue weighted by molar-refractivity contribution is 0.0231. The Morgan fingerprint density at radius 1 is 1.05 bits per heavy atom. The standard InChI is InChI=1S/C15H17NO3/c1-18-14-9-5-8-13(15(14)17)10-16-19-11-12-6-3-2-4-7-12/h2-9,16-17H,10-11H2,1H3. The number of nitrogens with one attached hydrogen (secondary N) is 1. The van der Waals surface area contributed by atoms with Crippen molar-refractivity contribution in [2.75, 3.05) is 7.11 Å². The van der Waals surface area contributed by atoms with E-state index in [1.165, 1.54) is 7.11 Å². The molecule has 0 aliphatic rings. The van der Waals surface area contributed by atoms with Crippen molar-refractivity contribution in [1.82, 2.24) is 5.48 Å². The summed E-state index contributed by atoms with van der Waals surface area (Å²) in [6, 6.07) is 15.2. The Bertz CT molecular complexity index is 514. The van der Waals surface area contributed by atoms with Crippen molar-refractivity contribution in [1.29, 1.82) is 0 Å². The molecule has 100 valence electrons. The number of phenols is 1. The van der Waals surface area contributed by atoms with E-state index in [2.05, 4.69) is 5.48 Å². The van der Waals surface area contributed by atoms with Crippen molar-refractivity contribution in [2.24, 2.45) is 0 Å². The summed E-state index contributed by atoms with van der Waals surface area (Å²) in [7, 11) is 1.53. The van der Waals surface area contributed by atoms with Gasteiger partial charge in [0, 0.05) is 12.1 Å². The third-order valence-electron chi connectivity index (χ3n) is 2.75. The van der Waals surface area contributed by atoms with Crippen molar-refractivity contribution in [3.05, 3.63) is 59.7 Å². The smallest absolute Gasteiger partial charge is 0.162 e. The second-order valence-electron chi connectivity index (χ2n) is 4.06. The van der Waals surface area contributed by atoms with E-state index in [9.17, 15) is 5.11 Å². The van der Waals surface area contributed by atoms with E-state index in [1.54, 1.807) is 6.07 Å². The first-order valence-corrected chi connectivity index (χ1v) is 6.04. The first kappa shape index (κ1) is 13.4. The Balaban J connectivity index is 1.83. The lowest BCUT2D eigenvalue weighted by atomic mass is 10.2. The highest BCUT2D eigenvalue weighted by atomic mass is 16.6. The second-order valence-corrected chi connectivity index (χ2v) is 4.06. The Labute approximate surface area is 112 Å². The van der Waals surface area contributed by atoms with Crippen LogP contribution < -0.4 is 10.2 Å². The van der Waals surface area contributed by atoms with Crippen molar-refractivity contribution in [3.8, 4) is 11.5 Å². The quantitative estimate of drug-likeness (QED) is 0.618. The summed E-state index contributed by atoms with van der Waals surface area (Å²) in [5.74, 6) is 0.600. The average Bonchev–Trinajstić information content (AvgIpc) is 2.46. The molecule has 0 fully saturated rings. The predicted octanol–water partition coefficient (Wildman–Crippen LogP) is 2.62. The molecule has 4 nitrogen and oxygen atoms in total. The van der Waals surface area contributed by atoms with Gasteiger partial charge in [-0.3, -0.25) is 4.84 Å². The van der Waals surface area contributed by atoms with Gasteiger partial charge < -0.3 is 9.84 Å². The minimum Gasteiger partial charge on any atom is -0.504 e. The molecule has 0 bridgehead atoms. The topological polar surface area (TPSA) is 50.7 Å². The molecule has 19 heavy (non-hydrogen) atoms. The fourth-order valence-electron chi connectivity index (χ4n) is 1.71. The number of phenolic OH excluding ortho intramolecular Hbond substituents is 1. The summed E-state index contributed by atoms with van der Waals surface area (Å²) < 4.78 is 5.04. The van der Waals surface area contributed by atoms with Crippen LogP contribution in [0.15, 0.2) is 48.5 Å². The lowest BCUT2D eigenvalue weighted by Crippen LogP contribution is -2.14. The van der Waals surface area contributed by atoms with E-state index in [0.29, 0.717) is 18.9 Å². The Kier molecular flexibility index (Phi) is 4.78. The third kappa shape index (κ3) is 3.71. The SMILES string of the molecule is COc1cccc(CNOCc2ccccc2)c1O. The molecule has 0 aliphatic heterocycles. The van der Waals surface area contributed by atoms with Crippen molar-refractivity contribution < 1.29 is 14.7 Å². The molecule has 2 aromatic rings. The van der Waals surface area contributed by atoms with E-state index < -0.39 is 0 Å². The highest BCUT2D eigenvalue weighted by Gasteiger charge is 2.06. The number of hydroxylamine groups is 1. The second kappa shape index (κ2) is 6.78. The molecule has 0 atom stereocenters. The van der Waals surface area contributed by atoms with Gasteiger partial charge in [-0.25, -0.2) is 0 Å². The van der Waals surface area contributed by atoms with Crippen LogP contribution in [0, 0.1) is 0 Å². The maximum Gasteiger partial charge on any atom is 0.162 e. The highest BCUT2D eigenvalue weighted by molar-refractivity contribution is 5.45. The molecule has 0 aromatic heterocycles. The van der Waals surface area contributed by atoms with Crippen LogP contribution in [-0.2, 0) is 18.0 Å². The molecule has 0 spiro atoms. The number of benzene rings is 2. The molecule has 2 rings (SSSR count). The predicted molar refractivity (Wildman–Crippen MR) is 72.7 cm³/mol. The maximum atomic E-state index is 9.88. The van der Waals surface area contributed by atoms with E-state index in [1.807, 2.05) is 42.5 Å². The molecule has 0 saturated heterocycles. The number of para-hydroxylation sites is 1. The number of methoxy groups -OCH3 is 1. The van der Waals surface area contributed by atoms with Gasteiger partial charge in [-0.05, 0) is 11.6 Å². The summed E-state index contributed by atoms with van der Waals surface area (Å²) in [6.45, 7) is 0.890. The van der Waals surface area contributed by atoms with E-state index in [-0.39, 0.29) is 5.75 Å². The molecule has 0 radical (unpaired) electrons. The van der Waals surface area contributed by atoms with E-state index in [4.69, 9.17) is 9.57 Å². The molecular formula is C15H17NO3. The van der Waals surface area contributed by atoms with Crippen LogP contribution in [0.1, 0.15) is 11.1 Å². The molecule has 4 heteroatoms. The van der Waals surface area contributed by atoms with Crippen molar-refractivity contribution >= 4 is 0 Å². The van der Waals surface area contributed by atoms with E-state index in [0.717, 1.165) is 11.1 Å². The average molecular weight is 259 g/mol. The summed E-state index contributed by atoms with van der Waals surface area (Å²) >= 11 is 0. The minimum atomic E-state index is 0.140. The summed E-state index contributed by atoms with van der Waals surface area (Å²) in [5.41, 5.74) is 4.64. The van der Waals surface area contributed by atoms with Crippen LogP contribution in [0.5, 0.6) is 11.5 Å². The summed E-state index contributed by atoms with van der Waals surface area (Å²) in [4.78, 5) is 5.35. The van der Waals surface area contributed by atoms with Crippen LogP contribution in [0.2, 0.25) is 0 Å². The monoisotopic (exact) mass is 259 g/mol. The molecule has 0 aliphatic carbocycles. The van der Waals surface area contributed by atoms with Gasteiger partial charge in [0.15, 0.2) is 11.5 Å². The zero-order valence-corrected chi connectivity index (χ0v) is 10.8. The molecule has 2 N–H and O–H groups in total. The van der Waals surface area contributed by atoms with Gasteiger partial charge in [-0.2, -0.15) is 5.48 Å². The zero-order chi connectivity index (χ0) is 13.5. The normalized spacial score (nSPS) is 10.4. The minimum absolute atomic E-state index is 0.140.